The zero-order valence-electron chi connectivity index (χ0n) is 14.1. The molecular formula is C19H15N3O2S2. The van der Waals surface area contributed by atoms with E-state index in [0.717, 1.165) is 16.6 Å². The third-order valence-corrected chi connectivity index (χ3v) is 5.63. The number of fused-ring (bicyclic) bond motifs is 1. The van der Waals surface area contributed by atoms with Gasteiger partial charge in [-0.05, 0) is 42.5 Å². The number of amides is 1. The largest absolute Gasteiger partial charge is 0.493 e. The van der Waals surface area contributed by atoms with Crippen molar-refractivity contribution in [1.29, 1.82) is 0 Å². The first-order chi connectivity index (χ1) is 12.5. The molecule has 7 heteroatoms. The second-order valence-corrected chi connectivity index (χ2v) is 7.72. The maximum atomic E-state index is 12.4. The molecule has 0 atom stereocenters. The summed E-state index contributed by atoms with van der Waals surface area (Å²) in [5.74, 6) is -0.388. The summed E-state index contributed by atoms with van der Waals surface area (Å²) in [6.45, 7) is 0. The van der Waals surface area contributed by atoms with Gasteiger partial charge < -0.3 is 10.0 Å². The molecule has 5 nitrogen and oxygen atoms in total. The predicted molar refractivity (Wildman–Crippen MR) is 105 cm³/mol. The SMILES string of the molecule is CN(C)c1ccc(-n2c(O)c(C3=c4ccccc4=NC3=O)sc2=S)cc1. The fourth-order valence-electron chi connectivity index (χ4n) is 2.94. The molecule has 1 N–H and O–H groups in total. The number of hydrogen-bond donors (Lipinski definition) is 1. The van der Waals surface area contributed by atoms with E-state index in [-0.39, 0.29) is 11.8 Å². The third kappa shape index (κ3) is 2.56. The van der Waals surface area contributed by atoms with Gasteiger partial charge in [-0.15, -0.1) is 11.3 Å². The fourth-order valence-corrected chi connectivity index (χ4v) is 4.32. The maximum absolute atomic E-state index is 12.4. The molecule has 0 fully saturated rings. The van der Waals surface area contributed by atoms with Crippen LogP contribution in [0, 0.1) is 3.95 Å². The van der Waals surface area contributed by atoms with Gasteiger partial charge in [-0.1, -0.05) is 18.2 Å². The van der Waals surface area contributed by atoms with Crippen molar-refractivity contribution in [3.63, 3.8) is 0 Å². The molecule has 130 valence electrons. The van der Waals surface area contributed by atoms with Crippen LogP contribution < -0.4 is 15.5 Å². The summed E-state index contributed by atoms with van der Waals surface area (Å²) in [6.07, 6.45) is 0. The number of anilines is 1. The maximum Gasteiger partial charge on any atom is 0.279 e. The van der Waals surface area contributed by atoms with Gasteiger partial charge in [0.05, 0.1) is 16.6 Å². The lowest BCUT2D eigenvalue weighted by Gasteiger charge is -2.13. The molecule has 0 aliphatic carbocycles. The van der Waals surface area contributed by atoms with Crippen LogP contribution in [-0.2, 0) is 4.79 Å². The van der Waals surface area contributed by atoms with Gasteiger partial charge in [0.1, 0.15) is 4.88 Å². The van der Waals surface area contributed by atoms with Crippen molar-refractivity contribution < 1.29 is 9.90 Å². The van der Waals surface area contributed by atoms with Crippen molar-refractivity contribution in [2.45, 2.75) is 0 Å². The molecule has 2 aromatic carbocycles. The van der Waals surface area contributed by atoms with E-state index < -0.39 is 0 Å². The average Bonchev–Trinajstić information content (AvgIpc) is 3.10. The summed E-state index contributed by atoms with van der Waals surface area (Å²) in [5.41, 5.74) is 2.19. The van der Waals surface area contributed by atoms with Crippen molar-refractivity contribution in [3.05, 3.63) is 67.9 Å². The van der Waals surface area contributed by atoms with E-state index >= 15 is 0 Å². The highest BCUT2D eigenvalue weighted by atomic mass is 32.1. The molecule has 26 heavy (non-hydrogen) atoms. The number of nitrogens with zero attached hydrogens (tertiary/aromatic N) is 3. The first-order valence-corrected chi connectivity index (χ1v) is 9.15. The Morgan fingerprint density at radius 2 is 1.81 bits per heavy atom. The number of carbonyl (C=O) groups excluding carboxylic acids is 1. The summed E-state index contributed by atoms with van der Waals surface area (Å²) >= 11 is 6.67. The van der Waals surface area contributed by atoms with Gasteiger partial charge >= 0.3 is 0 Å². The molecule has 3 aromatic rings. The second-order valence-electron chi connectivity index (χ2n) is 6.08. The molecule has 0 bridgehead atoms. The van der Waals surface area contributed by atoms with Gasteiger partial charge in [0, 0.05) is 25.0 Å². The Balaban J connectivity index is 1.91. The van der Waals surface area contributed by atoms with Crippen LogP contribution in [0.3, 0.4) is 0 Å². The van der Waals surface area contributed by atoms with Crippen molar-refractivity contribution in [2.75, 3.05) is 19.0 Å². The highest BCUT2D eigenvalue weighted by Crippen LogP contribution is 2.35. The number of rotatable bonds is 3. The molecule has 1 aliphatic heterocycles. The second kappa shape index (κ2) is 6.19. The number of benzene rings is 2. The monoisotopic (exact) mass is 381 g/mol. The van der Waals surface area contributed by atoms with Crippen molar-refractivity contribution in [3.8, 4) is 11.6 Å². The summed E-state index contributed by atoms with van der Waals surface area (Å²) in [6, 6.07) is 15.0. The Labute approximate surface area is 158 Å². The molecule has 2 heterocycles. The predicted octanol–water partition coefficient (Wildman–Crippen LogP) is 2.40. The Morgan fingerprint density at radius 1 is 1.12 bits per heavy atom. The zero-order valence-corrected chi connectivity index (χ0v) is 15.8. The Kier molecular flexibility index (Phi) is 3.97. The van der Waals surface area contributed by atoms with Crippen LogP contribution in [0.4, 0.5) is 5.69 Å². The van der Waals surface area contributed by atoms with Gasteiger partial charge in [-0.3, -0.25) is 9.36 Å². The summed E-state index contributed by atoms with van der Waals surface area (Å²) in [5, 5.41) is 12.2. The molecule has 0 radical (unpaired) electrons. The van der Waals surface area contributed by atoms with Crippen LogP contribution in [-0.4, -0.2) is 29.7 Å². The molecule has 1 aliphatic rings. The average molecular weight is 381 g/mol. The van der Waals surface area contributed by atoms with Crippen LogP contribution >= 0.6 is 23.6 Å². The third-order valence-electron chi connectivity index (χ3n) is 4.25. The Morgan fingerprint density at radius 3 is 2.50 bits per heavy atom. The highest BCUT2D eigenvalue weighted by Gasteiger charge is 2.25. The van der Waals surface area contributed by atoms with Gasteiger partial charge in [-0.25, -0.2) is 4.99 Å². The zero-order chi connectivity index (χ0) is 18.4. The van der Waals surface area contributed by atoms with Crippen LogP contribution in [0.25, 0.3) is 11.3 Å². The summed E-state index contributed by atoms with van der Waals surface area (Å²) in [4.78, 5) is 18.9. The van der Waals surface area contributed by atoms with Gasteiger partial charge in [0.15, 0.2) is 3.95 Å². The van der Waals surface area contributed by atoms with E-state index in [0.29, 0.717) is 19.8 Å². The standard InChI is InChI=1S/C19H15N3O2S2/c1-21(2)11-7-9-12(10-8-11)22-18(24)16(26-19(22)25)15-13-5-3-4-6-14(13)20-17(15)23/h3-10,24H,1-2H3. The number of thiazole rings is 1. The van der Waals surface area contributed by atoms with E-state index in [1.54, 1.807) is 10.6 Å². The smallest absolute Gasteiger partial charge is 0.279 e. The fraction of sp³-hybridized carbons (Fsp3) is 0.105. The number of aromatic nitrogens is 1. The molecule has 1 aromatic heterocycles. The van der Waals surface area contributed by atoms with E-state index in [4.69, 9.17) is 12.2 Å². The van der Waals surface area contributed by atoms with Crippen LogP contribution in [0.1, 0.15) is 4.88 Å². The van der Waals surface area contributed by atoms with Crippen LogP contribution in [0.2, 0.25) is 0 Å². The van der Waals surface area contributed by atoms with Crippen molar-refractivity contribution in [1.82, 2.24) is 4.57 Å². The van der Waals surface area contributed by atoms with E-state index in [2.05, 4.69) is 4.99 Å². The number of para-hydroxylation sites is 1. The minimum absolute atomic E-state index is 0.0344. The van der Waals surface area contributed by atoms with E-state index in [1.807, 2.05) is 61.5 Å². The summed E-state index contributed by atoms with van der Waals surface area (Å²) < 4.78 is 2.05. The minimum Gasteiger partial charge on any atom is -0.493 e. The Hall–Kier alpha value is -2.77. The van der Waals surface area contributed by atoms with E-state index in [9.17, 15) is 9.90 Å². The molecule has 1 amide bonds. The van der Waals surface area contributed by atoms with Gasteiger partial charge in [0.25, 0.3) is 5.91 Å². The van der Waals surface area contributed by atoms with Gasteiger partial charge in [0.2, 0.25) is 5.88 Å². The molecular weight excluding hydrogens is 366 g/mol. The number of aromatic hydroxyl groups is 1. The highest BCUT2D eigenvalue weighted by molar-refractivity contribution is 7.73. The van der Waals surface area contributed by atoms with Crippen LogP contribution in [0.5, 0.6) is 5.88 Å². The van der Waals surface area contributed by atoms with E-state index in [1.165, 1.54) is 11.3 Å². The van der Waals surface area contributed by atoms with Crippen molar-refractivity contribution >= 4 is 40.7 Å². The summed E-state index contributed by atoms with van der Waals surface area (Å²) in [7, 11) is 3.92. The minimum atomic E-state index is -0.354. The lowest BCUT2D eigenvalue weighted by molar-refractivity contribution is -0.112. The topological polar surface area (TPSA) is 57.8 Å². The lowest BCUT2D eigenvalue weighted by Crippen LogP contribution is -2.22. The first-order valence-electron chi connectivity index (χ1n) is 7.92. The number of carbonyl (C=O) groups is 1. The quantitative estimate of drug-likeness (QED) is 0.708. The van der Waals surface area contributed by atoms with Crippen molar-refractivity contribution in [2.24, 2.45) is 4.99 Å². The first kappa shape index (κ1) is 16.7. The molecule has 0 unspecified atom stereocenters. The van der Waals surface area contributed by atoms with Crippen LogP contribution in [0.15, 0.2) is 53.5 Å². The molecule has 0 spiro atoms. The Bertz CT molecular complexity index is 1200. The molecule has 4 rings (SSSR count). The van der Waals surface area contributed by atoms with Gasteiger partial charge in [-0.2, -0.15) is 0 Å². The normalized spacial score (nSPS) is 12.8. The molecule has 0 saturated carbocycles. The lowest BCUT2D eigenvalue weighted by atomic mass is 10.1. The number of hydrogen-bond acceptors (Lipinski definition) is 5. The molecule has 0 saturated heterocycles.